The van der Waals surface area contributed by atoms with Crippen LogP contribution in [0.3, 0.4) is 0 Å². The number of carboxylic acid groups (broad SMARTS) is 1. The van der Waals surface area contributed by atoms with Crippen LogP contribution in [0.2, 0.25) is 0 Å². The van der Waals surface area contributed by atoms with Gasteiger partial charge in [0, 0.05) is 18.1 Å². The maximum atomic E-state index is 15.2. The van der Waals surface area contributed by atoms with Gasteiger partial charge in [-0.15, -0.1) is 0 Å². The van der Waals surface area contributed by atoms with Crippen molar-refractivity contribution in [1.29, 1.82) is 0 Å². The summed E-state index contributed by atoms with van der Waals surface area (Å²) in [5.74, 6) is -2.31. The molecular weight excluding hydrogens is 468 g/mol. The molecule has 0 aliphatic rings. The number of hydrogen-bond acceptors (Lipinski definition) is 5. The van der Waals surface area contributed by atoms with E-state index in [1.54, 1.807) is 13.1 Å². The minimum Gasteiger partial charge on any atom is -0.465 e. The smallest absolute Gasteiger partial charge is 0.404 e. The molecule has 4 N–H and O–H groups in total. The first-order valence-corrected chi connectivity index (χ1v) is 9.31. The average molecular weight is 484 g/mol. The van der Waals surface area contributed by atoms with E-state index in [0.717, 1.165) is 0 Å². The molecule has 0 saturated carbocycles. The quantitative estimate of drug-likeness (QED) is 0.302. The topological polar surface area (TPSA) is 118 Å². The lowest BCUT2D eigenvalue weighted by Crippen LogP contribution is -2.31. The van der Waals surface area contributed by atoms with Gasteiger partial charge in [-0.25, -0.2) is 24.0 Å². The number of halogens is 3. The number of nitrogens with one attached hydrogen (secondary N) is 3. The van der Waals surface area contributed by atoms with E-state index < -0.39 is 23.6 Å². The number of carbonyl (C=O) groups excluding carboxylic acids is 1. The molecule has 9 nitrogen and oxygen atoms in total. The lowest BCUT2D eigenvalue weighted by molar-refractivity contribution is 0.0327. The van der Waals surface area contributed by atoms with Gasteiger partial charge in [-0.2, -0.15) is 0 Å². The standard InChI is InChI=1S/C18H16BrF2N5O4/c1-26-8-23-16-13(26)7-10(17(27)25-30-5-4-22-18(28)29)15(14(16)21)24-12-3-2-9(19)6-11(12)20/h2-3,6-8,22,24H,4-5H2,1H3,(H,25,27)(H,28,29). The van der Waals surface area contributed by atoms with Gasteiger partial charge in [0.15, 0.2) is 5.82 Å². The van der Waals surface area contributed by atoms with Crippen LogP contribution in [0.25, 0.3) is 11.0 Å². The lowest BCUT2D eigenvalue weighted by Gasteiger charge is -2.15. The van der Waals surface area contributed by atoms with E-state index in [-0.39, 0.29) is 35.6 Å². The highest BCUT2D eigenvalue weighted by Gasteiger charge is 2.22. The van der Waals surface area contributed by atoms with Gasteiger partial charge in [0.2, 0.25) is 0 Å². The summed E-state index contributed by atoms with van der Waals surface area (Å²) in [5.41, 5.74) is 1.97. The van der Waals surface area contributed by atoms with Gasteiger partial charge < -0.3 is 20.3 Å². The highest BCUT2D eigenvalue weighted by atomic mass is 79.9. The van der Waals surface area contributed by atoms with Gasteiger partial charge in [0.25, 0.3) is 5.91 Å². The van der Waals surface area contributed by atoms with Gasteiger partial charge in [-0.1, -0.05) is 15.9 Å². The summed E-state index contributed by atoms with van der Waals surface area (Å²) in [5, 5.41) is 13.2. The minimum atomic E-state index is -1.24. The second-order valence-electron chi connectivity index (χ2n) is 6.10. The number of amides is 2. The monoisotopic (exact) mass is 483 g/mol. The van der Waals surface area contributed by atoms with Crippen molar-refractivity contribution in [3.05, 3.63) is 52.3 Å². The van der Waals surface area contributed by atoms with Crippen molar-refractivity contribution in [2.24, 2.45) is 7.05 Å². The summed E-state index contributed by atoms with van der Waals surface area (Å²) in [4.78, 5) is 31.9. The van der Waals surface area contributed by atoms with E-state index >= 15 is 4.39 Å². The fourth-order valence-electron chi connectivity index (χ4n) is 2.63. The molecular formula is C18H16BrF2N5O4. The average Bonchev–Trinajstić information content (AvgIpc) is 3.06. The Morgan fingerprint density at radius 2 is 2.07 bits per heavy atom. The number of nitrogens with zero attached hydrogens (tertiary/aromatic N) is 2. The summed E-state index contributed by atoms with van der Waals surface area (Å²) in [7, 11) is 1.63. The molecule has 3 aromatic rings. The second-order valence-corrected chi connectivity index (χ2v) is 7.01. The van der Waals surface area contributed by atoms with Gasteiger partial charge in [-0.3, -0.25) is 9.63 Å². The highest BCUT2D eigenvalue weighted by molar-refractivity contribution is 9.10. The van der Waals surface area contributed by atoms with E-state index in [4.69, 9.17) is 9.94 Å². The van der Waals surface area contributed by atoms with Crippen molar-refractivity contribution in [3.63, 3.8) is 0 Å². The molecule has 1 aromatic heterocycles. The molecule has 0 aliphatic carbocycles. The van der Waals surface area contributed by atoms with Crippen LogP contribution in [0.5, 0.6) is 0 Å². The van der Waals surface area contributed by atoms with Gasteiger partial charge in [-0.05, 0) is 24.3 Å². The molecule has 0 fully saturated rings. The third-order valence-corrected chi connectivity index (χ3v) is 4.53. The van der Waals surface area contributed by atoms with Crippen molar-refractivity contribution in [2.75, 3.05) is 18.5 Å². The molecule has 12 heteroatoms. The molecule has 3 rings (SSSR count). The van der Waals surface area contributed by atoms with Crippen molar-refractivity contribution in [2.45, 2.75) is 0 Å². The molecule has 0 saturated heterocycles. The summed E-state index contributed by atoms with van der Waals surface area (Å²) < 4.78 is 31.4. The number of carbonyl (C=O) groups is 2. The van der Waals surface area contributed by atoms with Crippen LogP contribution in [0.4, 0.5) is 25.0 Å². The minimum absolute atomic E-state index is 0.000599. The van der Waals surface area contributed by atoms with E-state index in [9.17, 15) is 14.0 Å². The van der Waals surface area contributed by atoms with Gasteiger partial charge in [0.1, 0.15) is 11.3 Å². The van der Waals surface area contributed by atoms with Crippen LogP contribution in [0.15, 0.2) is 35.1 Å². The van der Waals surface area contributed by atoms with Gasteiger partial charge in [0.05, 0.1) is 35.4 Å². The summed E-state index contributed by atoms with van der Waals surface area (Å²) >= 11 is 3.14. The van der Waals surface area contributed by atoms with E-state index in [1.807, 2.05) is 0 Å². The third-order valence-electron chi connectivity index (χ3n) is 4.04. The number of imidazole rings is 1. The van der Waals surface area contributed by atoms with Crippen molar-refractivity contribution < 1.29 is 28.3 Å². The maximum Gasteiger partial charge on any atom is 0.404 e. The number of aryl methyl sites for hydroxylation is 1. The molecule has 1 heterocycles. The molecule has 0 bridgehead atoms. The SMILES string of the molecule is Cn1cnc2c(F)c(Nc3ccc(Br)cc3F)c(C(=O)NOCCNC(=O)O)cc21. The van der Waals surface area contributed by atoms with Crippen LogP contribution < -0.4 is 16.1 Å². The van der Waals surface area contributed by atoms with Crippen LogP contribution in [-0.2, 0) is 11.9 Å². The van der Waals surface area contributed by atoms with E-state index in [2.05, 4.69) is 37.0 Å². The Morgan fingerprint density at radius 3 is 2.77 bits per heavy atom. The fraction of sp³-hybridized carbons (Fsp3) is 0.167. The van der Waals surface area contributed by atoms with Crippen molar-refractivity contribution in [3.8, 4) is 0 Å². The van der Waals surface area contributed by atoms with E-state index in [1.165, 1.54) is 29.1 Å². The molecule has 0 spiro atoms. The summed E-state index contributed by atoms with van der Waals surface area (Å²) in [6.07, 6.45) is 0.143. The first-order chi connectivity index (χ1) is 14.3. The first-order valence-electron chi connectivity index (χ1n) is 8.52. The predicted molar refractivity (Wildman–Crippen MR) is 108 cm³/mol. The Balaban J connectivity index is 1.92. The molecule has 0 unspecified atom stereocenters. The Hall–Kier alpha value is -3.25. The second kappa shape index (κ2) is 9.05. The van der Waals surface area contributed by atoms with E-state index in [0.29, 0.717) is 9.99 Å². The number of rotatable bonds is 7. The lowest BCUT2D eigenvalue weighted by atomic mass is 10.1. The Labute approximate surface area is 177 Å². The highest BCUT2D eigenvalue weighted by Crippen LogP contribution is 2.32. The summed E-state index contributed by atoms with van der Waals surface area (Å²) in [6.45, 7) is -0.224. The number of hydrogen-bond donors (Lipinski definition) is 4. The number of hydroxylamine groups is 1. The zero-order valence-corrected chi connectivity index (χ0v) is 17.1. The first kappa shape index (κ1) is 21.5. The molecule has 30 heavy (non-hydrogen) atoms. The Bertz CT molecular complexity index is 1120. The van der Waals surface area contributed by atoms with Crippen LogP contribution in [0, 0.1) is 11.6 Å². The number of fused-ring (bicyclic) bond motifs is 1. The van der Waals surface area contributed by atoms with Crippen molar-refractivity contribution in [1.82, 2.24) is 20.3 Å². The Morgan fingerprint density at radius 1 is 1.30 bits per heavy atom. The zero-order valence-electron chi connectivity index (χ0n) is 15.5. The van der Waals surface area contributed by atoms with Crippen LogP contribution >= 0.6 is 15.9 Å². The number of benzene rings is 2. The Kier molecular flexibility index (Phi) is 6.47. The van der Waals surface area contributed by atoms with Gasteiger partial charge >= 0.3 is 6.09 Å². The molecule has 2 aromatic carbocycles. The number of aromatic nitrogens is 2. The maximum absolute atomic E-state index is 15.2. The largest absolute Gasteiger partial charge is 0.465 e. The van der Waals surface area contributed by atoms with Crippen LogP contribution in [-0.4, -0.2) is 39.8 Å². The molecule has 0 atom stereocenters. The molecule has 2 amide bonds. The summed E-state index contributed by atoms with van der Waals surface area (Å²) in [6, 6.07) is 5.52. The fourth-order valence-corrected chi connectivity index (χ4v) is 2.97. The normalized spacial score (nSPS) is 10.8. The number of anilines is 2. The zero-order chi connectivity index (χ0) is 21.8. The molecule has 158 valence electrons. The molecule has 0 aliphatic heterocycles. The third kappa shape index (κ3) is 4.66. The predicted octanol–water partition coefficient (Wildman–Crippen LogP) is 3.29. The van der Waals surface area contributed by atoms with Crippen LogP contribution in [0.1, 0.15) is 10.4 Å². The van der Waals surface area contributed by atoms with Crippen molar-refractivity contribution >= 4 is 50.3 Å². The molecule has 0 radical (unpaired) electrons.